The average Bonchev–Trinajstić information content (AvgIpc) is 2.84. The molecule has 0 bridgehead atoms. The van der Waals surface area contributed by atoms with Gasteiger partial charge in [0.2, 0.25) is 5.91 Å². The summed E-state index contributed by atoms with van der Waals surface area (Å²) in [6.07, 6.45) is 3.86. The molecule has 0 unspecified atom stereocenters. The van der Waals surface area contributed by atoms with Crippen LogP contribution in [0.25, 0.3) is 0 Å². The van der Waals surface area contributed by atoms with Crippen LogP contribution < -0.4 is 5.32 Å². The van der Waals surface area contributed by atoms with Crippen LogP contribution in [0.5, 0.6) is 0 Å². The van der Waals surface area contributed by atoms with E-state index in [1.54, 1.807) is 25.2 Å². The van der Waals surface area contributed by atoms with Crippen molar-refractivity contribution in [3.63, 3.8) is 0 Å². The molecular weight excluding hydrogens is 250 g/mol. The third-order valence-electron chi connectivity index (χ3n) is 3.15. The molecule has 0 aliphatic carbocycles. The number of amides is 1. The van der Waals surface area contributed by atoms with Gasteiger partial charge in [-0.25, -0.2) is 0 Å². The van der Waals surface area contributed by atoms with Gasteiger partial charge < -0.3 is 10.2 Å². The summed E-state index contributed by atoms with van der Waals surface area (Å²) in [6.45, 7) is 2.45. The van der Waals surface area contributed by atoms with Gasteiger partial charge in [0.25, 0.3) is 0 Å². The van der Waals surface area contributed by atoms with Crippen molar-refractivity contribution in [3.05, 3.63) is 6.20 Å². The van der Waals surface area contributed by atoms with Crippen LogP contribution in [0, 0.1) is 0 Å². The van der Waals surface area contributed by atoms with Gasteiger partial charge in [-0.05, 0) is 12.8 Å². The Morgan fingerprint density at radius 2 is 2.28 bits per heavy atom. The first-order chi connectivity index (χ1) is 8.65. The predicted molar refractivity (Wildman–Crippen MR) is 71.7 cm³/mol. The molecule has 18 heavy (non-hydrogen) atoms. The Kier molecular flexibility index (Phi) is 4.48. The lowest BCUT2D eigenvalue weighted by Gasteiger charge is -2.32. The molecule has 0 spiro atoms. The summed E-state index contributed by atoms with van der Waals surface area (Å²) in [5, 5.41) is 8.26. The highest BCUT2D eigenvalue weighted by Crippen LogP contribution is 2.17. The number of hydrogen-bond donors (Lipinski definition) is 1. The molecule has 6 nitrogen and oxygen atoms in total. The van der Waals surface area contributed by atoms with Gasteiger partial charge in [0.05, 0.1) is 12.7 Å². The Balaban J connectivity index is 1.73. The number of carbonyl (C=O) groups is 1. The van der Waals surface area contributed by atoms with E-state index in [4.69, 9.17) is 0 Å². The van der Waals surface area contributed by atoms with Crippen LogP contribution in [-0.4, -0.2) is 65.1 Å². The van der Waals surface area contributed by atoms with Gasteiger partial charge in [0.1, 0.15) is 5.00 Å². The number of nitrogens with zero attached hydrogens (tertiary/aromatic N) is 4. The summed E-state index contributed by atoms with van der Waals surface area (Å²) < 4.78 is 3.83. The van der Waals surface area contributed by atoms with Crippen molar-refractivity contribution in [2.45, 2.75) is 18.9 Å². The van der Waals surface area contributed by atoms with E-state index in [9.17, 15) is 4.79 Å². The Morgan fingerprint density at radius 1 is 1.56 bits per heavy atom. The molecule has 0 saturated carbocycles. The van der Waals surface area contributed by atoms with Gasteiger partial charge in [0, 0.05) is 44.8 Å². The van der Waals surface area contributed by atoms with Gasteiger partial charge >= 0.3 is 0 Å². The third kappa shape index (κ3) is 3.64. The minimum absolute atomic E-state index is 0.174. The standard InChI is InChI=1S/C11H19N5OS/c1-15(2)11(17)8-16-5-3-9(4-6-16)13-10-7-12-14-18-10/h7,9,13H,3-6,8H2,1-2H3. The molecule has 2 rings (SSSR count). The van der Waals surface area contributed by atoms with E-state index in [0.717, 1.165) is 30.9 Å². The number of nitrogens with one attached hydrogen (secondary N) is 1. The lowest BCUT2D eigenvalue weighted by molar-refractivity contribution is -0.130. The van der Waals surface area contributed by atoms with E-state index < -0.39 is 0 Å². The maximum Gasteiger partial charge on any atom is 0.236 e. The molecule has 2 heterocycles. The van der Waals surface area contributed by atoms with Gasteiger partial charge in [-0.15, -0.1) is 5.10 Å². The third-order valence-corrected chi connectivity index (χ3v) is 3.75. The Bertz CT molecular complexity index is 373. The quantitative estimate of drug-likeness (QED) is 0.862. The van der Waals surface area contributed by atoms with Crippen molar-refractivity contribution < 1.29 is 4.79 Å². The summed E-state index contributed by atoms with van der Waals surface area (Å²) >= 11 is 1.39. The summed E-state index contributed by atoms with van der Waals surface area (Å²) in [7, 11) is 3.60. The first-order valence-electron chi connectivity index (χ1n) is 6.11. The number of rotatable bonds is 4. The highest BCUT2D eigenvalue weighted by Gasteiger charge is 2.21. The molecule has 0 aromatic carbocycles. The number of piperidine rings is 1. The molecule has 1 saturated heterocycles. The van der Waals surface area contributed by atoms with Gasteiger partial charge in [-0.2, -0.15) is 0 Å². The van der Waals surface area contributed by atoms with Gasteiger partial charge in [-0.1, -0.05) is 4.49 Å². The predicted octanol–water partition coefficient (Wildman–Crippen LogP) is 0.503. The fourth-order valence-electron chi connectivity index (χ4n) is 2.00. The zero-order valence-corrected chi connectivity index (χ0v) is 11.6. The molecule has 1 aromatic rings. The highest BCUT2D eigenvalue weighted by molar-refractivity contribution is 7.09. The SMILES string of the molecule is CN(C)C(=O)CN1CCC(Nc2cnns2)CC1. The van der Waals surface area contributed by atoms with Crippen LogP contribution in [0.3, 0.4) is 0 Å². The molecule has 100 valence electrons. The minimum Gasteiger partial charge on any atom is -0.372 e. The Hall–Kier alpha value is -1.21. The summed E-state index contributed by atoms with van der Waals surface area (Å²) in [5.41, 5.74) is 0. The molecule has 0 atom stereocenters. The summed E-state index contributed by atoms with van der Waals surface area (Å²) in [4.78, 5) is 15.5. The number of likely N-dealkylation sites (tertiary alicyclic amines) is 1. The van der Waals surface area contributed by atoms with E-state index in [0.29, 0.717) is 12.6 Å². The van der Waals surface area contributed by atoms with Crippen LogP contribution in [-0.2, 0) is 4.79 Å². The molecule has 1 amide bonds. The number of likely N-dealkylation sites (N-methyl/N-ethyl adjacent to an activating group) is 1. The smallest absolute Gasteiger partial charge is 0.236 e. The Morgan fingerprint density at radius 3 is 2.83 bits per heavy atom. The lowest BCUT2D eigenvalue weighted by atomic mass is 10.1. The number of hydrogen-bond acceptors (Lipinski definition) is 6. The number of aromatic nitrogens is 2. The molecule has 1 fully saturated rings. The molecule has 1 aliphatic rings. The average molecular weight is 269 g/mol. The molecule has 1 N–H and O–H groups in total. The lowest BCUT2D eigenvalue weighted by Crippen LogP contribution is -2.43. The van der Waals surface area contributed by atoms with E-state index in [1.165, 1.54) is 11.5 Å². The summed E-state index contributed by atoms with van der Waals surface area (Å²) in [5.74, 6) is 0.174. The van der Waals surface area contributed by atoms with Crippen LogP contribution in [0.4, 0.5) is 5.00 Å². The van der Waals surface area contributed by atoms with Crippen LogP contribution in [0.2, 0.25) is 0 Å². The highest BCUT2D eigenvalue weighted by atomic mass is 32.1. The second kappa shape index (κ2) is 6.10. The first-order valence-corrected chi connectivity index (χ1v) is 6.89. The van der Waals surface area contributed by atoms with Crippen LogP contribution >= 0.6 is 11.5 Å². The van der Waals surface area contributed by atoms with Crippen LogP contribution in [0.1, 0.15) is 12.8 Å². The van der Waals surface area contributed by atoms with Crippen molar-refractivity contribution in [1.29, 1.82) is 0 Å². The zero-order chi connectivity index (χ0) is 13.0. The minimum atomic E-state index is 0.174. The topological polar surface area (TPSA) is 61.4 Å². The van der Waals surface area contributed by atoms with Crippen molar-refractivity contribution in [2.24, 2.45) is 0 Å². The second-order valence-corrected chi connectivity index (χ2v) is 5.55. The maximum atomic E-state index is 11.6. The van der Waals surface area contributed by atoms with Crippen molar-refractivity contribution in [2.75, 3.05) is 39.0 Å². The number of anilines is 1. The van der Waals surface area contributed by atoms with E-state index in [-0.39, 0.29) is 5.91 Å². The van der Waals surface area contributed by atoms with Crippen molar-refractivity contribution in [1.82, 2.24) is 19.4 Å². The second-order valence-electron chi connectivity index (χ2n) is 4.76. The van der Waals surface area contributed by atoms with E-state index in [1.807, 2.05) is 0 Å². The van der Waals surface area contributed by atoms with Gasteiger partial charge in [-0.3, -0.25) is 9.69 Å². The first kappa shape index (κ1) is 13.2. The normalized spacial score (nSPS) is 17.7. The fraction of sp³-hybridized carbons (Fsp3) is 0.727. The number of carbonyl (C=O) groups excluding carboxylic acids is 1. The maximum absolute atomic E-state index is 11.6. The van der Waals surface area contributed by atoms with E-state index >= 15 is 0 Å². The molecule has 7 heteroatoms. The van der Waals surface area contributed by atoms with E-state index in [2.05, 4.69) is 19.8 Å². The monoisotopic (exact) mass is 269 g/mol. The largest absolute Gasteiger partial charge is 0.372 e. The summed E-state index contributed by atoms with van der Waals surface area (Å²) in [6, 6.07) is 0.470. The molecule has 1 aromatic heterocycles. The molecule has 0 radical (unpaired) electrons. The molecule has 1 aliphatic heterocycles. The molecular formula is C11H19N5OS. The fourth-order valence-corrected chi connectivity index (χ4v) is 2.50. The van der Waals surface area contributed by atoms with Crippen molar-refractivity contribution in [3.8, 4) is 0 Å². The zero-order valence-electron chi connectivity index (χ0n) is 10.8. The van der Waals surface area contributed by atoms with Crippen molar-refractivity contribution >= 4 is 22.4 Å². The Labute approximate surface area is 111 Å². The van der Waals surface area contributed by atoms with Gasteiger partial charge in [0.15, 0.2) is 0 Å². The van der Waals surface area contributed by atoms with Crippen LogP contribution in [0.15, 0.2) is 6.20 Å².